The number of halogens is 3. The molecule has 1 heterocycles. The third kappa shape index (κ3) is 4.01. The maximum atomic E-state index is 13.1. The van der Waals surface area contributed by atoms with Crippen LogP contribution in [0, 0.1) is 10.1 Å². The van der Waals surface area contributed by atoms with E-state index in [9.17, 15) is 28.1 Å². The van der Waals surface area contributed by atoms with Gasteiger partial charge < -0.3 is 9.64 Å². The molecule has 0 spiro atoms. The van der Waals surface area contributed by atoms with Crippen LogP contribution in [0.5, 0.6) is 11.5 Å². The molecule has 6 nitrogen and oxygen atoms in total. The van der Waals surface area contributed by atoms with Crippen molar-refractivity contribution in [2.75, 3.05) is 4.90 Å². The van der Waals surface area contributed by atoms with Gasteiger partial charge in [-0.15, -0.1) is 0 Å². The molecule has 1 aliphatic rings. The third-order valence-electron chi connectivity index (χ3n) is 5.24. The van der Waals surface area contributed by atoms with Crippen LogP contribution in [0.25, 0.3) is 0 Å². The first kappa shape index (κ1) is 21.4. The monoisotopic (exact) mass is 442 g/mol. The summed E-state index contributed by atoms with van der Waals surface area (Å²) in [6.45, 7) is 1.96. The fourth-order valence-corrected chi connectivity index (χ4v) is 3.73. The van der Waals surface area contributed by atoms with E-state index >= 15 is 0 Å². The van der Waals surface area contributed by atoms with Crippen LogP contribution in [-0.4, -0.2) is 16.9 Å². The average molecular weight is 442 g/mol. The van der Waals surface area contributed by atoms with Gasteiger partial charge in [0, 0.05) is 23.4 Å². The number of rotatable bonds is 4. The number of anilines is 1. The minimum atomic E-state index is -4.71. The standard InChI is InChI=1S/C23H17F3N2O4/c1-14-12-16-4-2-3-5-19(16)27(14)22(29)15-6-9-18(10-7-15)32-21-11-8-17(23(24,25)26)13-20(21)28(30)31/h2-11,13-14H,12H2,1H3. The lowest BCUT2D eigenvalue weighted by molar-refractivity contribution is -0.385. The minimum Gasteiger partial charge on any atom is -0.450 e. The molecule has 0 aliphatic carbocycles. The Morgan fingerprint density at radius 3 is 2.44 bits per heavy atom. The molecule has 3 aromatic carbocycles. The summed E-state index contributed by atoms with van der Waals surface area (Å²) in [5.74, 6) is -0.377. The zero-order valence-electron chi connectivity index (χ0n) is 16.8. The molecule has 164 valence electrons. The van der Waals surface area contributed by atoms with Crippen LogP contribution < -0.4 is 9.64 Å². The van der Waals surface area contributed by atoms with E-state index in [1.807, 2.05) is 31.2 Å². The maximum absolute atomic E-state index is 13.1. The molecule has 0 fully saturated rings. The quantitative estimate of drug-likeness (QED) is 0.367. The predicted molar refractivity (Wildman–Crippen MR) is 111 cm³/mol. The largest absolute Gasteiger partial charge is 0.450 e. The Bertz CT molecular complexity index is 1190. The number of alkyl halides is 3. The molecule has 9 heteroatoms. The molecule has 3 aromatic rings. The maximum Gasteiger partial charge on any atom is 0.416 e. The van der Waals surface area contributed by atoms with Crippen molar-refractivity contribution in [3.63, 3.8) is 0 Å². The van der Waals surface area contributed by atoms with Gasteiger partial charge in [0.1, 0.15) is 5.75 Å². The fourth-order valence-electron chi connectivity index (χ4n) is 3.73. The number of hydrogen-bond acceptors (Lipinski definition) is 4. The van der Waals surface area contributed by atoms with Crippen molar-refractivity contribution >= 4 is 17.3 Å². The predicted octanol–water partition coefficient (Wildman–Crippen LogP) is 6.00. The Morgan fingerprint density at radius 1 is 1.09 bits per heavy atom. The molecule has 0 bridgehead atoms. The zero-order valence-corrected chi connectivity index (χ0v) is 16.8. The Hall–Kier alpha value is -3.88. The van der Waals surface area contributed by atoms with Crippen molar-refractivity contribution in [2.45, 2.75) is 25.6 Å². The van der Waals surface area contributed by atoms with Gasteiger partial charge in [0.25, 0.3) is 5.91 Å². The van der Waals surface area contributed by atoms with Crippen LogP contribution in [0.2, 0.25) is 0 Å². The molecular weight excluding hydrogens is 425 g/mol. The van der Waals surface area contributed by atoms with E-state index in [2.05, 4.69) is 0 Å². The summed E-state index contributed by atoms with van der Waals surface area (Å²) in [6, 6.07) is 15.6. The van der Waals surface area contributed by atoms with E-state index in [0.29, 0.717) is 17.7 Å². The number of nitro groups is 1. The highest BCUT2D eigenvalue weighted by Gasteiger charge is 2.34. The first-order chi connectivity index (χ1) is 15.1. The summed E-state index contributed by atoms with van der Waals surface area (Å²) in [5.41, 5.74) is 0.386. The summed E-state index contributed by atoms with van der Waals surface area (Å²) in [6.07, 6.45) is -3.96. The first-order valence-corrected chi connectivity index (χ1v) is 9.70. The van der Waals surface area contributed by atoms with E-state index in [4.69, 9.17) is 4.74 Å². The summed E-state index contributed by atoms with van der Waals surface area (Å²) in [5, 5.41) is 11.2. The molecule has 1 unspecified atom stereocenters. The normalized spacial score (nSPS) is 15.4. The summed E-state index contributed by atoms with van der Waals surface area (Å²) >= 11 is 0. The number of carbonyl (C=O) groups excluding carboxylic acids is 1. The van der Waals surface area contributed by atoms with Crippen LogP contribution in [-0.2, 0) is 12.6 Å². The van der Waals surface area contributed by atoms with Crippen molar-refractivity contribution in [3.8, 4) is 11.5 Å². The van der Waals surface area contributed by atoms with Gasteiger partial charge in [-0.2, -0.15) is 13.2 Å². The number of hydrogen-bond donors (Lipinski definition) is 0. The van der Waals surface area contributed by atoms with Gasteiger partial charge in [-0.05, 0) is 61.4 Å². The molecule has 0 aromatic heterocycles. The lowest BCUT2D eigenvalue weighted by Gasteiger charge is -2.23. The van der Waals surface area contributed by atoms with Crippen LogP contribution >= 0.6 is 0 Å². The smallest absolute Gasteiger partial charge is 0.416 e. The fraction of sp³-hybridized carbons (Fsp3) is 0.174. The molecule has 0 saturated carbocycles. The van der Waals surface area contributed by atoms with Gasteiger partial charge >= 0.3 is 11.9 Å². The molecule has 1 aliphatic heterocycles. The highest BCUT2D eigenvalue weighted by molar-refractivity contribution is 6.07. The number of nitrogens with zero attached hydrogens (tertiary/aromatic N) is 2. The topological polar surface area (TPSA) is 72.7 Å². The second-order valence-corrected chi connectivity index (χ2v) is 7.42. The summed E-state index contributed by atoms with van der Waals surface area (Å²) < 4.78 is 44.0. The van der Waals surface area contributed by atoms with Crippen LogP contribution in [0.1, 0.15) is 28.4 Å². The average Bonchev–Trinajstić information content (AvgIpc) is 3.08. The lowest BCUT2D eigenvalue weighted by Crippen LogP contribution is -2.35. The highest BCUT2D eigenvalue weighted by Crippen LogP contribution is 2.38. The van der Waals surface area contributed by atoms with Crippen molar-refractivity contribution in [3.05, 3.63) is 93.5 Å². The van der Waals surface area contributed by atoms with Gasteiger partial charge in [0.15, 0.2) is 0 Å². The molecule has 1 amide bonds. The first-order valence-electron chi connectivity index (χ1n) is 9.70. The van der Waals surface area contributed by atoms with Crippen LogP contribution in [0.15, 0.2) is 66.7 Å². The molecule has 1 atom stereocenters. The van der Waals surface area contributed by atoms with E-state index in [1.54, 1.807) is 4.90 Å². The van der Waals surface area contributed by atoms with Crippen molar-refractivity contribution in [2.24, 2.45) is 0 Å². The van der Waals surface area contributed by atoms with Gasteiger partial charge in [0.2, 0.25) is 5.75 Å². The highest BCUT2D eigenvalue weighted by atomic mass is 19.4. The van der Waals surface area contributed by atoms with E-state index in [1.165, 1.54) is 24.3 Å². The minimum absolute atomic E-state index is 0.00868. The molecular formula is C23H17F3N2O4. The summed E-state index contributed by atoms with van der Waals surface area (Å²) in [7, 11) is 0. The van der Waals surface area contributed by atoms with E-state index < -0.39 is 22.4 Å². The molecule has 32 heavy (non-hydrogen) atoms. The Morgan fingerprint density at radius 2 is 1.78 bits per heavy atom. The van der Waals surface area contributed by atoms with Crippen molar-refractivity contribution in [1.82, 2.24) is 0 Å². The van der Waals surface area contributed by atoms with Crippen LogP contribution in [0.4, 0.5) is 24.5 Å². The van der Waals surface area contributed by atoms with Crippen LogP contribution in [0.3, 0.4) is 0 Å². The SMILES string of the molecule is CC1Cc2ccccc2N1C(=O)c1ccc(Oc2ccc(C(F)(F)F)cc2[N+](=O)[O-])cc1. The number of fused-ring (bicyclic) bond motifs is 1. The van der Waals surface area contributed by atoms with Gasteiger partial charge in [-0.25, -0.2) is 0 Å². The molecule has 0 saturated heterocycles. The number of para-hydroxylation sites is 1. The number of carbonyl (C=O) groups is 1. The Labute approximate surface area is 181 Å². The lowest BCUT2D eigenvalue weighted by atomic mass is 10.1. The number of ether oxygens (including phenoxy) is 1. The van der Waals surface area contributed by atoms with E-state index in [-0.39, 0.29) is 23.4 Å². The summed E-state index contributed by atoms with van der Waals surface area (Å²) in [4.78, 5) is 25.1. The van der Waals surface area contributed by atoms with Gasteiger partial charge in [-0.1, -0.05) is 18.2 Å². The number of amides is 1. The van der Waals surface area contributed by atoms with Gasteiger partial charge in [0.05, 0.1) is 10.5 Å². The van der Waals surface area contributed by atoms with Crippen molar-refractivity contribution in [1.29, 1.82) is 0 Å². The second-order valence-electron chi connectivity index (χ2n) is 7.42. The number of nitro benzene ring substituents is 1. The third-order valence-corrected chi connectivity index (χ3v) is 5.24. The molecule has 4 rings (SSSR count). The molecule has 0 N–H and O–H groups in total. The van der Waals surface area contributed by atoms with Crippen molar-refractivity contribution < 1.29 is 27.6 Å². The number of benzene rings is 3. The second kappa shape index (κ2) is 7.99. The molecule has 0 radical (unpaired) electrons. The zero-order chi connectivity index (χ0) is 23.0. The van der Waals surface area contributed by atoms with E-state index in [0.717, 1.165) is 23.7 Å². The Kier molecular flexibility index (Phi) is 5.33. The van der Waals surface area contributed by atoms with Gasteiger partial charge in [-0.3, -0.25) is 14.9 Å². The Balaban J connectivity index is 1.56.